The first-order chi connectivity index (χ1) is 9.42. The van der Waals surface area contributed by atoms with Crippen LogP contribution >= 0.6 is 11.6 Å². The summed E-state index contributed by atoms with van der Waals surface area (Å²) in [6, 6.07) is 4.22. The molecule has 0 spiro atoms. The molecular weight excluding hydrogens is 284 g/mol. The number of anilines is 1. The standard InChI is InChI=1S/C13H17ClN2O4/c1-8(3-6-12(17)18)15-13(19)16-9-4-5-10(14)11(7-9)20-2/h4-5,7-8H,3,6H2,1-2H3,(H,17,18)(H2,15,16,19). The number of carbonyl (C=O) groups is 2. The van der Waals surface area contributed by atoms with Crippen molar-refractivity contribution in [1.82, 2.24) is 5.32 Å². The fraction of sp³-hybridized carbons (Fsp3) is 0.385. The summed E-state index contributed by atoms with van der Waals surface area (Å²) in [7, 11) is 1.49. The van der Waals surface area contributed by atoms with Crippen LogP contribution in [0.1, 0.15) is 19.8 Å². The zero-order valence-electron chi connectivity index (χ0n) is 11.3. The van der Waals surface area contributed by atoms with Crippen molar-refractivity contribution in [3.63, 3.8) is 0 Å². The lowest BCUT2D eigenvalue weighted by Gasteiger charge is -2.14. The predicted octanol–water partition coefficient (Wildman–Crippen LogP) is 2.72. The second-order valence-corrected chi connectivity index (χ2v) is 4.69. The lowest BCUT2D eigenvalue weighted by atomic mass is 10.2. The van der Waals surface area contributed by atoms with Crippen LogP contribution in [0.5, 0.6) is 5.75 Å². The quantitative estimate of drug-likeness (QED) is 0.754. The van der Waals surface area contributed by atoms with Gasteiger partial charge in [-0.25, -0.2) is 4.79 Å². The first-order valence-electron chi connectivity index (χ1n) is 6.05. The molecular formula is C13H17ClN2O4. The maximum atomic E-state index is 11.7. The van der Waals surface area contributed by atoms with Crippen molar-refractivity contribution < 1.29 is 19.4 Å². The van der Waals surface area contributed by atoms with Crippen molar-refractivity contribution in [2.24, 2.45) is 0 Å². The largest absolute Gasteiger partial charge is 0.495 e. The molecule has 20 heavy (non-hydrogen) atoms. The number of carboxylic acid groups (broad SMARTS) is 1. The van der Waals surface area contributed by atoms with E-state index in [-0.39, 0.29) is 12.5 Å². The number of hydrogen-bond acceptors (Lipinski definition) is 3. The molecule has 0 saturated heterocycles. The fourth-order valence-corrected chi connectivity index (χ4v) is 1.74. The molecule has 1 aromatic carbocycles. The van der Waals surface area contributed by atoms with Gasteiger partial charge >= 0.3 is 12.0 Å². The van der Waals surface area contributed by atoms with Gasteiger partial charge in [-0.2, -0.15) is 0 Å². The number of benzene rings is 1. The molecule has 1 aromatic rings. The van der Waals surface area contributed by atoms with E-state index in [4.69, 9.17) is 21.4 Å². The van der Waals surface area contributed by atoms with Gasteiger partial charge in [0.1, 0.15) is 5.75 Å². The second-order valence-electron chi connectivity index (χ2n) is 4.28. The molecule has 0 fully saturated rings. The Morgan fingerprint density at radius 3 is 2.75 bits per heavy atom. The number of amides is 2. The fourth-order valence-electron chi connectivity index (χ4n) is 1.54. The molecule has 1 rings (SSSR count). The van der Waals surface area contributed by atoms with E-state index in [0.717, 1.165) is 0 Å². The number of aliphatic carboxylic acids is 1. The van der Waals surface area contributed by atoms with Crippen LogP contribution in [0.3, 0.4) is 0 Å². The summed E-state index contributed by atoms with van der Waals surface area (Å²) in [6.07, 6.45) is 0.378. The van der Waals surface area contributed by atoms with Crippen LogP contribution in [0.15, 0.2) is 18.2 Å². The molecule has 3 N–H and O–H groups in total. The summed E-state index contributed by atoms with van der Waals surface area (Å²) in [5, 5.41) is 14.3. The van der Waals surface area contributed by atoms with Crippen LogP contribution in [-0.4, -0.2) is 30.3 Å². The van der Waals surface area contributed by atoms with Crippen molar-refractivity contribution >= 4 is 29.3 Å². The van der Waals surface area contributed by atoms with Gasteiger partial charge in [0.05, 0.1) is 12.1 Å². The number of urea groups is 1. The minimum Gasteiger partial charge on any atom is -0.495 e. The lowest BCUT2D eigenvalue weighted by Crippen LogP contribution is -2.36. The number of carbonyl (C=O) groups excluding carboxylic acids is 1. The number of rotatable bonds is 6. The highest BCUT2D eigenvalue weighted by atomic mass is 35.5. The van der Waals surface area contributed by atoms with Crippen LogP contribution < -0.4 is 15.4 Å². The molecule has 0 aliphatic carbocycles. The molecule has 6 nitrogen and oxygen atoms in total. The van der Waals surface area contributed by atoms with Gasteiger partial charge in [-0.05, 0) is 25.5 Å². The minimum absolute atomic E-state index is 0.0101. The van der Waals surface area contributed by atoms with Gasteiger partial charge in [0.2, 0.25) is 0 Å². The molecule has 0 bridgehead atoms. The molecule has 0 saturated carbocycles. The van der Waals surface area contributed by atoms with Gasteiger partial charge in [0.25, 0.3) is 0 Å². The smallest absolute Gasteiger partial charge is 0.319 e. The molecule has 0 aromatic heterocycles. The molecule has 7 heteroatoms. The Kier molecular flexibility index (Phi) is 6.11. The summed E-state index contributed by atoms with van der Waals surface area (Å²) in [5.41, 5.74) is 0.536. The van der Waals surface area contributed by atoms with Gasteiger partial charge in [-0.1, -0.05) is 11.6 Å². The van der Waals surface area contributed by atoms with Crippen LogP contribution in [0, 0.1) is 0 Å². The highest BCUT2D eigenvalue weighted by molar-refractivity contribution is 6.32. The summed E-state index contributed by atoms with van der Waals surface area (Å²) < 4.78 is 5.04. The monoisotopic (exact) mass is 300 g/mol. The Hall–Kier alpha value is -1.95. The highest BCUT2D eigenvalue weighted by Crippen LogP contribution is 2.27. The van der Waals surface area contributed by atoms with Gasteiger partial charge in [0, 0.05) is 24.2 Å². The number of hydrogen-bond donors (Lipinski definition) is 3. The van der Waals surface area contributed by atoms with E-state index in [1.165, 1.54) is 7.11 Å². The third-order valence-corrected chi connectivity index (χ3v) is 2.89. The lowest BCUT2D eigenvalue weighted by molar-refractivity contribution is -0.137. The van der Waals surface area contributed by atoms with E-state index in [1.807, 2.05) is 0 Å². The summed E-state index contributed by atoms with van der Waals surface area (Å²) in [6.45, 7) is 1.74. The Labute approximate surface area is 122 Å². The van der Waals surface area contributed by atoms with Crippen molar-refractivity contribution in [2.45, 2.75) is 25.8 Å². The number of ether oxygens (including phenoxy) is 1. The number of methoxy groups -OCH3 is 1. The first-order valence-corrected chi connectivity index (χ1v) is 6.43. The normalized spacial score (nSPS) is 11.6. The molecule has 0 radical (unpaired) electrons. The van der Waals surface area contributed by atoms with Crippen molar-refractivity contribution in [3.8, 4) is 5.75 Å². The third-order valence-electron chi connectivity index (χ3n) is 2.58. The molecule has 0 aliphatic heterocycles. The van der Waals surface area contributed by atoms with Gasteiger partial charge < -0.3 is 20.5 Å². The number of nitrogens with one attached hydrogen (secondary N) is 2. The van der Waals surface area contributed by atoms with E-state index in [9.17, 15) is 9.59 Å². The first kappa shape index (κ1) is 16.1. The van der Waals surface area contributed by atoms with Crippen molar-refractivity contribution in [2.75, 3.05) is 12.4 Å². The summed E-state index contributed by atoms with van der Waals surface area (Å²) >= 11 is 5.88. The second kappa shape index (κ2) is 7.59. The zero-order chi connectivity index (χ0) is 15.1. The average molecular weight is 301 g/mol. The molecule has 1 atom stereocenters. The number of halogens is 1. The van der Waals surface area contributed by atoms with E-state index >= 15 is 0 Å². The number of carboxylic acids is 1. The van der Waals surface area contributed by atoms with Gasteiger partial charge in [-0.15, -0.1) is 0 Å². The van der Waals surface area contributed by atoms with Crippen molar-refractivity contribution in [1.29, 1.82) is 0 Å². The average Bonchev–Trinajstić information content (AvgIpc) is 2.38. The maximum absolute atomic E-state index is 11.7. The minimum atomic E-state index is -0.888. The van der Waals surface area contributed by atoms with Crippen LogP contribution in [-0.2, 0) is 4.79 Å². The Balaban J connectivity index is 2.51. The van der Waals surface area contributed by atoms with E-state index < -0.39 is 12.0 Å². The zero-order valence-corrected chi connectivity index (χ0v) is 12.0. The third kappa shape index (κ3) is 5.36. The van der Waals surface area contributed by atoms with E-state index in [0.29, 0.717) is 22.9 Å². The summed E-state index contributed by atoms with van der Waals surface area (Å²) in [4.78, 5) is 22.1. The molecule has 1 unspecified atom stereocenters. The van der Waals surface area contributed by atoms with E-state index in [2.05, 4.69) is 10.6 Å². The summed E-state index contributed by atoms with van der Waals surface area (Å²) in [5.74, 6) is -0.426. The Morgan fingerprint density at radius 1 is 1.45 bits per heavy atom. The topological polar surface area (TPSA) is 87.7 Å². The SMILES string of the molecule is COc1cc(NC(=O)NC(C)CCC(=O)O)ccc1Cl. The maximum Gasteiger partial charge on any atom is 0.319 e. The van der Waals surface area contributed by atoms with Gasteiger partial charge in [-0.3, -0.25) is 4.79 Å². The highest BCUT2D eigenvalue weighted by Gasteiger charge is 2.10. The molecule has 0 heterocycles. The van der Waals surface area contributed by atoms with Crippen LogP contribution in [0.25, 0.3) is 0 Å². The molecule has 2 amide bonds. The molecule has 0 aliphatic rings. The van der Waals surface area contributed by atoms with Crippen LogP contribution in [0.2, 0.25) is 5.02 Å². The molecule has 110 valence electrons. The van der Waals surface area contributed by atoms with Gasteiger partial charge in [0.15, 0.2) is 0 Å². The Morgan fingerprint density at radius 2 is 2.15 bits per heavy atom. The van der Waals surface area contributed by atoms with Crippen molar-refractivity contribution in [3.05, 3.63) is 23.2 Å². The Bertz CT molecular complexity index is 493. The van der Waals surface area contributed by atoms with Crippen LogP contribution in [0.4, 0.5) is 10.5 Å². The predicted molar refractivity (Wildman–Crippen MR) is 76.5 cm³/mol. The van der Waals surface area contributed by atoms with E-state index in [1.54, 1.807) is 25.1 Å².